The predicted molar refractivity (Wildman–Crippen MR) is 95.2 cm³/mol. The molecule has 4 atom stereocenters. The van der Waals surface area contributed by atoms with E-state index in [1.54, 1.807) is 11.8 Å². The van der Waals surface area contributed by atoms with Gasteiger partial charge in [0.05, 0.1) is 11.4 Å². The fourth-order valence-corrected chi connectivity index (χ4v) is 5.65. The molecular formula is C20H14O2S. The van der Waals surface area contributed by atoms with Gasteiger partial charge in [-0.25, -0.2) is 0 Å². The van der Waals surface area contributed by atoms with Crippen LogP contribution in [0.25, 0.3) is 32.3 Å². The highest BCUT2D eigenvalue weighted by Crippen LogP contribution is 2.64. The molecule has 4 aromatic rings. The van der Waals surface area contributed by atoms with Gasteiger partial charge in [-0.3, -0.25) is 0 Å². The van der Waals surface area contributed by atoms with Crippen LogP contribution in [0.2, 0.25) is 0 Å². The first-order chi connectivity index (χ1) is 11.2. The summed E-state index contributed by atoms with van der Waals surface area (Å²) < 4.78 is 0. The van der Waals surface area contributed by atoms with Gasteiger partial charge in [-0.05, 0) is 49.5 Å². The lowest BCUT2D eigenvalue weighted by Gasteiger charge is -2.27. The van der Waals surface area contributed by atoms with E-state index in [2.05, 4.69) is 48.5 Å². The molecule has 0 radical (unpaired) electrons. The van der Waals surface area contributed by atoms with Crippen molar-refractivity contribution in [3.8, 4) is 0 Å². The van der Waals surface area contributed by atoms with Crippen LogP contribution in [0.3, 0.4) is 0 Å². The third-order valence-corrected chi connectivity index (χ3v) is 6.88. The van der Waals surface area contributed by atoms with Crippen LogP contribution in [-0.4, -0.2) is 21.6 Å². The summed E-state index contributed by atoms with van der Waals surface area (Å²) >= 11 is 1.77. The number of thioether (sulfide) groups is 1. The van der Waals surface area contributed by atoms with Gasteiger partial charge in [-0.2, -0.15) is 0 Å². The quantitative estimate of drug-likeness (QED) is 0.378. The van der Waals surface area contributed by atoms with E-state index in [0.717, 1.165) is 10.9 Å². The Kier molecular flexibility index (Phi) is 2.18. The zero-order valence-electron chi connectivity index (χ0n) is 12.2. The fraction of sp³-hybridized carbons (Fsp3) is 0.200. The highest BCUT2D eigenvalue weighted by molar-refractivity contribution is 8.07. The number of hydrogen-bond acceptors (Lipinski definition) is 3. The summed E-state index contributed by atoms with van der Waals surface area (Å²) in [4.78, 5) is 0. The van der Waals surface area contributed by atoms with E-state index < -0.39 is 12.2 Å². The van der Waals surface area contributed by atoms with Crippen LogP contribution in [0.1, 0.15) is 22.5 Å². The van der Waals surface area contributed by atoms with Crippen LogP contribution in [0, 0.1) is 0 Å². The third-order valence-electron chi connectivity index (χ3n) is 5.51. The molecule has 2 nitrogen and oxygen atoms in total. The Bertz CT molecular complexity index is 1090. The van der Waals surface area contributed by atoms with Crippen LogP contribution in [0.5, 0.6) is 0 Å². The molecule has 0 amide bonds. The van der Waals surface area contributed by atoms with Crippen LogP contribution < -0.4 is 0 Å². The second kappa shape index (κ2) is 3.99. The van der Waals surface area contributed by atoms with Crippen molar-refractivity contribution in [1.29, 1.82) is 0 Å². The molecule has 1 aliphatic carbocycles. The number of rotatable bonds is 0. The Labute approximate surface area is 137 Å². The van der Waals surface area contributed by atoms with Crippen molar-refractivity contribution in [2.24, 2.45) is 0 Å². The minimum atomic E-state index is -0.775. The minimum absolute atomic E-state index is 0.149. The number of benzene rings is 4. The normalized spacial score (nSPS) is 29.1. The molecule has 1 aliphatic heterocycles. The van der Waals surface area contributed by atoms with Crippen LogP contribution >= 0.6 is 11.8 Å². The van der Waals surface area contributed by atoms with Gasteiger partial charge in [0.25, 0.3) is 0 Å². The SMILES string of the molecule is O[C@H]1c2cc3ccc4cccc5ccc(c2C2SC2[C@@H]1O)c3c45. The van der Waals surface area contributed by atoms with E-state index in [9.17, 15) is 10.2 Å². The molecule has 2 unspecified atom stereocenters. The Hall–Kier alpha value is -1.81. The molecule has 23 heavy (non-hydrogen) atoms. The highest BCUT2D eigenvalue weighted by atomic mass is 32.2. The maximum atomic E-state index is 10.5. The maximum Gasteiger partial charge on any atom is 0.106 e. The summed E-state index contributed by atoms with van der Waals surface area (Å²) in [6, 6.07) is 17.2. The molecule has 1 heterocycles. The second-order valence-electron chi connectivity index (χ2n) is 6.69. The highest BCUT2D eigenvalue weighted by Gasteiger charge is 2.53. The molecule has 2 aliphatic rings. The zero-order chi connectivity index (χ0) is 15.3. The predicted octanol–water partition coefficient (Wildman–Crippen LogP) is 4.15. The van der Waals surface area contributed by atoms with Crippen molar-refractivity contribution in [3.05, 3.63) is 59.7 Å². The molecule has 0 saturated carbocycles. The first-order valence-electron chi connectivity index (χ1n) is 7.96. The molecule has 0 aromatic heterocycles. The van der Waals surface area contributed by atoms with E-state index in [-0.39, 0.29) is 5.25 Å². The monoisotopic (exact) mass is 318 g/mol. The second-order valence-corrected chi connectivity index (χ2v) is 8.02. The number of fused-ring (bicyclic) bond motifs is 4. The number of aliphatic hydroxyl groups excluding tert-OH is 2. The lowest BCUT2D eigenvalue weighted by atomic mass is 9.81. The summed E-state index contributed by atoms with van der Waals surface area (Å²) in [5.74, 6) is 0. The van der Waals surface area contributed by atoms with Crippen molar-refractivity contribution < 1.29 is 10.2 Å². The van der Waals surface area contributed by atoms with Crippen molar-refractivity contribution in [2.45, 2.75) is 22.7 Å². The van der Waals surface area contributed by atoms with Crippen molar-refractivity contribution in [1.82, 2.24) is 0 Å². The van der Waals surface area contributed by atoms with E-state index in [0.29, 0.717) is 5.25 Å². The molecule has 0 bridgehead atoms. The molecule has 3 heteroatoms. The lowest BCUT2D eigenvalue weighted by molar-refractivity contribution is 0.0163. The van der Waals surface area contributed by atoms with E-state index >= 15 is 0 Å². The number of aliphatic hydroxyl groups is 2. The Morgan fingerprint density at radius 1 is 0.826 bits per heavy atom. The van der Waals surface area contributed by atoms with Gasteiger partial charge in [0, 0.05) is 5.25 Å². The van der Waals surface area contributed by atoms with Crippen LogP contribution in [0.15, 0.2) is 48.5 Å². The maximum absolute atomic E-state index is 10.5. The summed E-state index contributed by atoms with van der Waals surface area (Å²) in [7, 11) is 0. The van der Waals surface area contributed by atoms with Crippen LogP contribution in [0.4, 0.5) is 0 Å². The van der Waals surface area contributed by atoms with Gasteiger partial charge in [-0.1, -0.05) is 42.5 Å². The Balaban J connectivity index is 1.86. The zero-order valence-corrected chi connectivity index (χ0v) is 13.0. The average Bonchev–Trinajstić information content (AvgIpc) is 3.37. The van der Waals surface area contributed by atoms with Gasteiger partial charge in [0.15, 0.2) is 0 Å². The van der Waals surface area contributed by atoms with Gasteiger partial charge in [-0.15, -0.1) is 11.8 Å². The smallest absolute Gasteiger partial charge is 0.106 e. The van der Waals surface area contributed by atoms with Crippen LogP contribution in [-0.2, 0) is 0 Å². The Morgan fingerprint density at radius 2 is 1.57 bits per heavy atom. The Morgan fingerprint density at radius 3 is 2.39 bits per heavy atom. The number of hydrogen-bond donors (Lipinski definition) is 2. The molecule has 6 rings (SSSR count). The lowest BCUT2D eigenvalue weighted by Crippen LogP contribution is -2.28. The first kappa shape index (κ1) is 12.6. The largest absolute Gasteiger partial charge is 0.389 e. The standard InChI is InChI=1S/C20H14O2S/c21-17-13-8-11-5-4-9-2-1-3-10-6-7-12(15(11)14(9)10)16(13)19-20(23-19)18(17)22/h1-8,17-22H/t17-,18+,19?,20?/m0/s1. The van der Waals surface area contributed by atoms with Crippen molar-refractivity contribution in [3.63, 3.8) is 0 Å². The first-order valence-corrected chi connectivity index (χ1v) is 8.90. The van der Waals surface area contributed by atoms with Gasteiger partial charge in [0.1, 0.15) is 6.10 Å². The molecule has 1 saturated heterocycles. The minimum Gasteiger partial charge on any atom is -0.389 e. The molecular weight excluding hydrogens is 304 g/mol. The molecule has 4 aromatic carbocycles. The fourth-order valence-electron chi connectivity index (χ4n) is 4.40. The molecule has 112 valence electrons. The third kappa shape index (κ3) is 1.44. The van der Waals surface area contributed by atoms with Crippen molar-refractivity contribution in [2.75, 3.05) is 0 Å². The summed E-state index contributed by atoms with van der Waals surface area (Å²) in [6.45, 7) is 0. The van der Waals surface area contributed by atoms with Gasteiger partial charge < -0.3 is 10.2 Å². The van der Waals surface area contributed by atoms with Gasteiger partial charge in [0.2, 0.25) is 0 Å². The summed E-state index contributed by atoms with van der Waals surface area (Å²) in [5.41, 5.74) is 2.15. The van der Waals surface area contributed by atoms with Gasteiger partial charge >= 0.3 is 0 Å². The summed E-state index contributed by atoms with van der Waals surface area (Å²) in [5, 5.41) is 28.8. The molecule has 1 fully saturated rings. The topological polar surface area (TPSA) is 40.5 Å². The average molecular weight is 318 g/mol. The molecule has 2 N–H and O–H groups in total. The van der Waals surface area contributed by atoms with E-state index in [1.807, 2.05) is 0 Å². The van der Waals surface area contributed by atoms with E-state index in [4.69, 9.17) is 0 Å². The van der Waals surface area contributed by atoms with E-state index in [1.165, 1.54) is 32.5 Å². The molecule has 0 spiro atoms. The summed E-state index contributed by atoms with van der Waals surface area (Å²) in [6.07, 6.45) is -1.42. The van der Waals surface area contributed by atoms with Crippen molar-refractivity contribution >= 4 is 44.1 Å².